The Morgan fingerprint density at radius 2 is 2.00 bits per heavy atom. The Morgan fingerprint density at radius 3 is 2.72 bits per heavy atom. The molecule has 2 aliphatic rings. The molecule has 25 heavy (non-hydrogen) atoms. The minimum absolute atomic E-state index is 0.0833. The highest BCUT2D eigenvalue weighted by molar-refractivity contribution is 5.89. The summed E-state index contributed by atoms with van der Waals surface area (Å²) in [7, 11) is 0. The third-order valence-corrected chi connectivity index (χ3v) is 5.75. The van der Waals surface area contributed by atoms with Crippen LogP contribution < -0.4 is 0 Å². The lowest BCUT2D eigenvalue weighted by Crippen LogP contribution is -2.50. The molecule has 0 radical (unpaired) electrons. The maximum atomic E-state index is 14.5. The minimum Gasteiger partial charge on any atom is -0.340 e. The summed E-state index contributed by atoms with van der Waals surface area (Å²) in [6, 6.07) is 6.93. The van der Waals surface area contributed by atoms with Crippen molar-refractivity contribution in [3.05, 3.63) is 48.3 Å². The normalized spacial score (nSPS) is 22.9. The molecule has 1 saturated heterocycles. The van der Waals surface area contributed by atoms with Crippen LogP contribution in [0.25, 0.3) is 0 Å². The average molecular weight is 342 g/mol. The monoisotopic (exact) mass is 342 g/mol. The van der Waals surface area contributed by atoms with Crippen LogP contribution in [0.4, 0.5) is 4.39 Å². The fraction of sp³-hybridized carbons (Fsp3) is 0.526. The number of hydrogen-bond donors (Lipinski definition) is 0. The number of carbonyl (C=O) groups excluding carboxylic acids is 1. The molecule has 2 fully saturated rings. The van der Waals surface area contributed by atoms with Gasteiger partial charge in [-0.05, 0) is 31.7 Å². The molecule has 1 atom stereocenters. The van der Waals surface area contributed by atoms with Crippen molar-refractivity contribution in [2.45, 2.75) is 50.0 Å². The molecular formula is C19H23FN4O. The van der Waals surface area contributed by atoms with Crippen LogP contribution in [0.1, 0.15) is 50.1 Å². The molecule has 1 amide bonds. The quantitative estimate of drug-likeness (QED) is 0.861. The van der Waals surface area contributed by atoms with E-state index in [1.807, 2.05) is 15.6 Å². The molecule has 5 nitrogen and oxygen atoms in total. The van der Waals surface area contributed by atoms with Crippen molar-refractivity contribution in [3.63, 3.8) is 0 Å². The highest BCUT2D eigenvalue weighted by Crippen LogP contribution is 2.44. The van der Waals surface area contributed by atoms with Gasteiger partial charge in [0.2, 0.25) is 5.91 Å². The highest BCUT2D eigenvalue weighted by Gasteiger charge is 2.47. The first-order valence-electron chi connectivity index (χ1n) is 9.09. The van der Waals surface area contributed by atoms with Crippen molar-refractivity contribution in [1.29, 1.82) is 0 Å². The number of nitrogens with zero attached hydrogens (tertiary/aromatic N) is 4. The summed E-state index contributed by atoms with van der Waals surface area (Å²) < 4.78 is 16.4. The Kier molecular flexibility index (Phi) is 4.27. The van der Waals surface area contributed by atoms with Gasteiger partial charge in [0.25, 0.3) is 0 Å². The van der Waals surface area contributed by atoms with Gasteiger partial charge in [0.05, 0.1) is 11.5 Å². The van der Waals surface area contributed by atoms with Crippen molar-refractivity contribution in [1.82, 2.24) is 19.7 Å². The zero-order chi connectivity index (χ0) is 17.3. The number of hydrogen-bond acceptors (Lipinski definition) is 3. The SMILES string of the molecule is O=C(N1CCCC(n2cncn2)C1)C1(c2ccccc2F)CCCC1. The number of halogens is 1. The Labute approximate surface area is 146 Å². The van der Waals surface area contributed by atoms with Gasteiger partial charge in [-0.25, -0.2) is 14.1 Å². The summed E-state index contributed by atoms with van der Waals surface area (Å²) >= 11 is 0. The molecule has 2 heterocycles. The van der Waals surface area contributed by atoms with Crippen LogP contribution in [0.3, 0.4) is 0 Å². The molecule has 4 rings (SSSR count). The van der Waals surface area contributed by atoms with E-state index in [0.29, 0.717) is 12.1 Å². The second kappa shape index (κ2) is 6.58. The molecule has 1 unspecified atom stereocenters. The number of likely N-dealkylation sites (tertiary alicyclic amines) is 1. The van der Waals surface area contributed by atoms with E-state index in [4.69, 9.17) is 0 Å². The average Bonchev–Trinajstić information content (AvgIpc) is 3.34. The molecule has 1 saturated carbocycles. The summed E-state index contributed by atoms with van der Waals surface area (Å²) in [5.41, 5.74) is -0.129. The van der Waals surface area contributed by atoms with Crippen LogP contribution in [-0.4, -0.2) is 38.7 Å². The molecule has 132 valence electrons. The standard InChI is InChI=1S/C19H23FN4O/c20-17-8-2-1-7-16(17)19(9-3-4-10-19)18(25)23-11-5-6-15(12-23)24-14-21-13-22-24/h1-2,7-8,13-15H,3-6,9-12H2. The number of benzene rings is 1. The minimum atomic E-state index is -0.699. The van der Waals surface area contributed by atoms with Crippen molar-refractivity contribution >= 4 is 5.91 Å². The van der Waals surface area contributed by atoms with E-state index in [1.165, 1.54) is 12.4 Å². The number of piperidine rings is 1. The van der Waals surface area contributed by atoms with Gasteiger partial charge in [0.1, 0.15) is 18.5 Å². The van der Waals surface area contributed by atoms with Crippen molar-refractivity contribution in [2.75, 3.05) is 13.1 Å². The van der Waals surface area contributed by atoms with Gasteiger partial charge in [0.15, 0.2) is 0 Å². The van der Waals surface area contributed by atoms with Crippen LogP contribution in [0.5, 0.6) is 0 Å². The Balaban J connectivity index is 1.62. The fourth-order valence-electron chi connectivity index (χ4n) is 4.49. The van der Waals surface area contributed by atoms with Crippen LogP contribution >= 0.6 is 0 Å². The zero-order valence-corrected chi connectivity index (χ0v) is 14.3. The van der Waals surface area contributed by atoms with E-state index in [2.05, 4.69) is 10.1 Å². The van der Waals surface area contributed by atoms with E-state index in [1.54, 1.807) is 18.5 Å². The third-order valence-electron chi connectivity index (χ3n) is 5.75. The topological polar surface area (TPSA) is 51.0 Å². The summed E-state index contributed by atoms with van der Waals surface area (Å²) in [6.45, 7) is 1.36. The largest absolute Gasteiger partial charge is 0.340 e. The Bertz CT molecular complexity index is 740. The van der Waals surface area contributed by atoms with Crippen LogP contribution in [0.2, 0.25) is 0 Å². The first-order chi connectivity index (χ1) is 12.2. The highest BCUT2D eigenvalue weighted by atomic mass is 19.1. The van der Waals surface area contributed by atoms with Crippen LogP contribution in [0.15, 0.2) is 36.9 Å². The number of amides is 1. The van der Waals surface area contributed by atoms with E-state index in [0.717, 1.165) is 45.1 Å². The van der Waals surface area contributed by atoms with Gasteiger partial charge in [-0.1, -0.05) is 31.0 Å². The van der Waals surface area contributed by atoms with Crippen molar-refractivity contribution in [3.8, 4) is 0 Å². The molecule has 1 aliphatic carbocycles. The first-order valence-corrected chi connectivity index (χ1v) is 9.09. The molecular weight excluding hydrogens is 319 g/mol. The lowest BCUT2D eigenvalue weighted by Gasteiger charge is -2.39. The summed E-state index contributed by atoms with van der Waals surface area (Å²) in [5, 5.41) is 4.23. The van der Waals surface area contributed by atoms with Crippen LogP contribution in [-0.2, 0) is 10.2 Å². The smallest absolute Gasteiger partial charge is 0.233 e. The molecule has 0 N–H and O–H groups in total. The number of carbonyl (C=O) groups is 1. The van der Waals surface area contributed by atoms with Gasteiger partial charge in [0, 0.05) is 18.7 Å². The second-order valence-electron chi connectivity index (χ2n) is 7.19. The van der Waals surface area contributed by atoms with E-state index in [9.17, 15) is 9.18 Å². The summed E-state index contributed by atoms with van der Waals surface area (Å²) in [5.74, 6) is -0.178. The van der Waals surface area contributed by atoms with Crippen molar-refractivity contribution < 1.29 is 9.18 Å². The van der Waals surface area contributed by atoms with E-state index < -0.39 is 5.41 Å². The molecule has 2 aromatic rings. The molecule has 1 aromatic carbocycles. The molecule has 0 bridgehead atoms. The van der Waals surface area contributed by atoms with E-state index >= 15 is 0 Å². The van der Waals surface area contributed by atoms with Crippen LogP contribution in [0, 0.1) is 5.82 Å². The van der Waals surface area contributed by atoms with Gasteiger partial charge < -0.3 is 4.90 Å². The van der Waals surface area contributed by atoms with Gasteiger partial charge in [-0.3, -0.25) is 4.79 Å². The lowest BCUT2D eigenvalue weighted by atomic mass is 9.76. The van der Waals surface area contributed by atoms with Gasteiger partial charge in [-0.15, -0.1) is 0 Å². The first kappa shape index (κ1) is 16.2. The molecule has 0 spiro atoms. The van der Waals surface area contributed by atoms with E-state index in [-0.39, 0.29) is 17.8 Å². The summed E-state index contributed by atoms with van der Waals surface area (Å²) in [4.78, 5) is 19.4. The predicted octanol–water partition coefficient (Wildman–Crippen LogP) is 3.09. The predicted molar refractivity (Wildman–Crippen MR) is 91.4 cm³/mol. The Hall–Kier alpha value is -2.24. The summed E-state index contributed by atoms with van der Waals surface area (Å²) in [6.07, 6.45) is 8.57. The third kappa shape index (κ3) is 2.83. The fourth-order valence-corrected chi connectivity index (χ4v) is 4.49. The zero-order valence-electron chi connectivity index (χ0n) is 14.3. The molecule has 6 heteroatoms. The molecule has 1 aliphatic heterocycles. The number of rotatable bonds is 3. The van der Waals surface area contributed by atoms with Gasteiger partial charge in [-0.2, -0.15) is 5.10 Å². The Morgan fingerprint density at radius 1 is 1.20 bits per heavy atom. The molecule has 1 aromatic heterocycles. The maximum absolute atomic E-state index is 14.5. The maximum Gasteiger partial charge on any atom is 0.233 e. The second-order valence-corrected chi connectivity index (χ2v) is 7.19. The van der Waals surface area contributed by atoms with Crippen molar-refractivity contribution in [2.24, 2.45) is 0 Å². The lowest BCUT2D eigenvalue weighted by molar-refractivity contribution is -0.139. The number of aromatic nitrogens is 3. The van der Waals surface area contributed by atoms with Gasteiger partial charge >= 0.3 is 0 Å².